The van der Waals surface area contributed by atoms with E-state index in [1.807, 2.05) is 0 Å². The van der Waals surface area contributed by atoms with E-state index in [-0.39, 0.29) is 0 Å². The third-order valence-electron chi connectivity index (χ3n) is 2.16. The summed E-state index contributed by atoms with van der Waals surface area (Å²) in [6, 6.07) is -0.510. The molecule has 0 radical (unpaired) electrons. The molecule has 9 heteroatoms. The van der Waals surface area contributed by atoms with Crippen LogP contribution in [0.4, 0.5) is 0 Å². The number of carbonyl (C=O) groups is 1. The molecule has 8 nitrogen and oxygen atoms in total. The minimum Gasteiger partial charge on any atom is -0.468 e. The number of hydrogen-bond donors (Lipinski definition) is 2. The molecule has 0 aliphatic carbocycles. The number of likely N-dealkylation sites (N-methyl/N-ethyl adjacent to an activating group) is 1. The molecule has 1 atom stereocenters. The number of methoxy groups -OCH3 is 1. The summed E-state index contributed by atoms with van der Waals surface area (Å²) in [6.45, 7) is 0. The SMILES string of the molecule is CNC(CSc1nc(=O)c(=O)[nH]n1C)C(=O)OC. The van der Waals surface area contributed by atoms with Crippen molar-refractivity contribution in [1.82, 2.24) is 20.1 Å². The van der Waals surface area contributed by atoms with Crippen molar-refractivity contribution in [1.29, 1.82) is 0 Å². The van der Waals surface area contributed by atoms with E-state index in [1.54, 1.807) is 14.1 Å². The number of esters is 1. The molecule has 1 aromatic heterocycles. The molecule has 0 spiro atoms. The van der Waals surface area contributed by atoms with E-state index >= 15 is 0 Å². The lowest BCUT2D eigenvalue weighted by Gasteiger charge is -2.13. The summed E-state index contributed by atoms with van der Waals surface area (Å²) in [4.78, 5) is 37.0. The van der Waals surface area contributed by atoms with Crippen molar-refractivity contribution in [3.8, 4) is 0 Å². The second-order valence-electron chi connectivity index (χ2n) is 3.37. The van der Waals surface area contributed by atoms with Gasteiger partial charge in [-0.2, -0.15) is 4.98 Å². The van der Waals surface area contributed by atoms with Crippen LogP contribution >= 0.6 is 11.8 Å². The number of aryl methyl sites for hydroxylation is 1. The lowest BCUT2D eigenvalue weighted by atomic mass is 10.3. The van der Waals surface area contributed by atoms with Crippen LogP contribution in [0.3, 0.4) is 0 Å². The molecule has 0 fully saturated rings. The second-order valence-corrected chi connectivity index (χ2v) is 4.36. The van der Waals surface area contributed by atoms with Crippen LogP contribution in [0.2, 0.25) is 0 Å². The highest BCUT2D eigenvalue weighted by atomic mass is 32.2. The van der Waals surface area contributed by atoms with Gasteiger partial charge in [-0.1, -0.05) is 11.8 Å². The summed E-state index contributed by atoms with van der Waals surface area (Å²) in [5.74, 6) is -0.0744. The zero-order valence-corrected chi connectivity index (χ0v) is 11.0. The van der Waals surface area contributed by atoms with Crippen molar-refractivity contribution in [2.45, 2.75) is 11.2 Å². The van der Waals surface area contributed by atoms with E-state index in [0.29, 0.717) is 10.9 Å². The summed E-state index contributed by atoms with van der Waals surface area (Å²) in [5.41, 5.74) is -1.63. The minimum atomic E-state index is -0.852. The normalized spacial score (nSPS) is 12.2. The van der Waals surface area contributed by atoms with Crippen LogP contribution in [0.1, 0.15) is 0 Å². The number of hydrogen-bond acceptors (Lipinski definition) is 7. The van der Waals surface area contributed by atoms with Gasteiger partial charge >= 0.3 is 17.1 Å². The largest absolute Gasteiger partial charge is 0.468 e. The van der Waals surface area contributed by atoms with Gasteiger partial charge in [0.1, 0.15) is 6.04 Å². The van der Waals surface area contributed by atoms with E-state index in [9.17, 15) is 14.4 Å². The smallest absolute Gasteiger partial charge is 0.339 e. The number of nitrogens with zero attached hydrogens (tertiary/aromatic N) is 2. The summed E-state index contributed by atoms with van der Waals surface area (Å²) in [7, 11) is 4.48. The fourth-order valence-electron chi connectivity index (χ4n) is 1.16. The van der Waals surface area contributed by atoms with E-state index in [1.165, 1.54) is 11.8 Å². The van der Waals surface area contributed by atoms with Gasteiger partial charge in [-0.05, 0) is 7.05 Å². The number of aromatic nitrogens is 3. The highest BCUT2D eigenvalue weighted by Crippen LogP contribution is 2.13. The quantitative estimate of drug-likeness (QED) is 0.375. The topological polar surface area (TPSA) is 106 Å². The first-order valence-corrected chi connectivity index (χ1v) is 6.03. The molecule has 1 unspecified atom stereocenters. The maximum absolute atomic E-state index is 11.3. The van der Waals surface area contributed by atoms with Gasteiger partial charge < -0.3 is 10.1 Å². The van der Waals surface area contributed by atoms with Crippen molar-refractivity contribution in [2.24, 2.45) is 7.05 Å². The Morgan fingerprint density at radius 1 is 1.61 bits per heavy atom. The van der Waals surface area contributed by atoms with Gasteiger partial charge in [0.05, 0.1) is 7.11 Å². The first kappa shape index (κ1) is 14.5. The van der Waals surface area contributed by atoms with E-state index < -0.39 is 23.1 Å². The Morgan fingerprint density at radius 2 is 2.28 bits per heavy atom. The number of carbonyl (C=O) groups excluding carboxylic acids is 1. The van der Waals surface area contributed by atoms with Gasteiger partial charge in [0, 0.05) is 12.8 Å². The molecule has 0 saturated heterocycles. The van der Waals surface area contributed by atoms with Crippen LogP contribution in [0, 0.1) is 0 Å². The molecule has 0 amide bonds. The van der Waals surface area contributed by atoms with E-state index in [2.05, 4.69) is 20.1 Å². The fraction of sp³-hybridized carbons (Fsp3) is 0.556. The van der Waals surface area contributed by atoms with Crippen LogP contribution < -0.4 is 16.4 Å². The van der Waals surface area contributed by atoms with Crippen molar-refractivity contribution < 1.29 is 9.53 Å². The number of nitrogens with one attached hydrogen (secondary N) is 2. The Balaban J connectivity index is 2.80. The molecule has 18 heavy (non-hydrogen) atoms. The molecular formula is C9H14N4O4S. The monoisotopic (exact) mass is 274 g/mol. The first-order chi connectivity index (χ1) is 8.49. The fourth-order valence-corrected chi connectivity index (χ4v) is 2.16. The number of thioether (sulfide) groups is 1. The number of rotatable bonds is 5. The molecule has 0 bridgehead atoms. The van der Waals surface area contributed by atoms with Gasteiger partial charge in [-0.3, -0.25) is 24.2 Å². The van der Waals surface area contributed by atoms with Crippen LogP contribution in [-0.2, 0) is 16.6 Å². The Bertz CT molecular complexity index is 538. The zero-order chi connectivity index (χ0) is 13.7. The third-order valence-corrected chi connectivity index (χ3v) is 3.28. The van der Waals surface area contributed by atoms with E-state index in [4.69, 9.17) is 0 Å². The lowest BCUT2D eigenvalue weighted by molar-refractivity contribution is -0.142. The second kappa shape index (κ2) is 6.36. The molecule has 1 rings (SSSR count). The van der Waals surface area contributed by atoms with Crippen molar-refractivity contribution >= 4 is 17.7 Å². The maximum atomic E-state index is 11.3. The highest BCUT2D eigenvalue weighted by molar-refractivity contribution is 7.99. The summed E-state index contributed by atoms with van der Waals surface area (Å²) >= 11 is 1.16. The van der Waals surface area contributed by atoms with Crippen molar-refractivity contribution in [3.05, 3.63) is 20.7 Å². The van der Waals surface area contributed by atoms with Crippen molar-refractivity contribution in [2.75, 3.05) is 19.9 Å². The zero-order valence-electron chi connectivity index (χ0n) is 10.2. The predicted molar refractivity (Wildman–Crippen MR) is 65.7 cm³/mol. The van der Waals surface area contributed by atoms with Gasteiger partial charge in [0.25, 0.3) is 0 Å². The van der Waals surface area contributed by atoms with Gasteiger partial charge in [0.2, 0.25) is 0 Å². The molecule has 0 aromatic carbocycles. The predicted octanol–water partition coefficient (Wildman–Crippen LogP) is -1.68. The summed E-state index contributed by atoms with van der Waals surface area (Å²) in [5, 5.41) is 5.43. The van der Waals surface area contributed by atoms with Gasteiger partial charge in [0.15, 0.2) is 5.16 Å². The van der Waals surface area contributed by atoms with E-state index in [0.717, 1.165) is 11.8 Å². The van der Waals surface area contributed by atoms with Crippen LogP contribution in [0.5, 0.6) is 0 Å². The maximum Gasteiger partial charge on any atom is 0.339 e. The van der Waals surface area contributed by atoms with Crippen molar-refractivity contribution in [3.63, 3.8) is 0 Å². The number of ether oxygens (including phenoxy) is 1. The molecule has 0 aliphatic heterocycles. The molecule has 1 aromatic rings. The number of H-pyrrole nitrogens is 1. The molecule has 0 saturated carbocycles. The summed E-state index contributed by atoms with van der Waals surface area (Å²) in [6.07, 6.45) is 0. The average Bonchev–Trinajstić information content (AvgIpc) is 2.35. The Labute approximate surface area is 107 Å². The Kier molecular flexibility index (Phi) is 5.10. The van der Waals surface area contributed by atoms with Gasteiger partial charge in [-0.25, -0.2) is 0 Å². The summed E-state index contributed by atoms with van der Waals surface area (Å²) < 4.78 is 5.93. The molecule has 2 N–H and O–H groups in total. The molecule has 0 aliphatic rings. The van der Waals surface area contributed by atoms with Crippen LogP contribution in [0.15, 0.2) is 14.7 Å². The molecular weight excluding hydrogens is 260 g/mol. The molecule has 1 heterocycles. The van der Waals surface area contributed by atoms with Crippen LogP contribution in [-0.4, -0.2) is 46.7 Å². The Hall–Kier alpha value is -1.61. The van der Waals surface area contributed by atoms with Crippen LogP contribution in [0.25, 0.3) is 0 Å². The molecule has 100 valence electrons. The highest BCUT2D eigenvalue weighted by Gasteiger charge is 2.18. The standard InChI is InChI=1S/C9H14N4O4S/c1-10-5(8(16)17-3)4-18-9-11-6(14)7(15)12-13(9)2/h5,10H,4H2,1-3H3,(H,12,15). The first-order valence-electron chi connectivity index (χ1n) is 5.04. The lowest BCUT2D eigenvalue weighted by Crippen LogP contribution is -2.38. The van der Waals surface area contributed by atoms with Gasteiger partial charge in [-0.15, -0.1) is 0 Å². The average molecular weight is 274 g/mol. The minimum absolute atomic E-state index is 0.323. The number of aromatic amines is 1. The third kappa shape index (κ3) is 3.44. The Morgan fingerprint density at radius 3 is 2.83 bits per heavy atom.